The Labute approximate surface area is 148 Å². The maximum Gasteiger partial charge on any atom is 0.352 e. The molecule has 0 spiro atoms. The molecule has 0 saturated carbocycles. The largest absolute Gasteiger partial charge is 0.532 e. The topological polar surface area (TPSA) is 9.23 Å². The summed E-state index contributed by atoms with van der Waals surface area (Å²) in [6, 6.07) is 27.0. The standard InChI is InChI=1S/C21H16ClOSi/c22-19-13-7-8-16-14-15-20(21(16)19)23-24(17-9-3-1-4-10-17)18-11-5-2-6-12-18/h1-13,15H,14H2. The van der Waals surface area contributed by atoms with Gasteiger partial charge in [0, 0.05) is 5.56 Å². The Bertz CT molecular complexity index is 835. The zero-order valence-electron chi connectivity index (χ0n) is 13.1. The van der Waals surface area contributed by atoms with Crippen molar-refractivity contribution in [2.45, 2.75) is 6.42 Å². The molecule has 0 bridgehead atoms. The SMILES string of the molecule is Clc1cccc2c1C(O[Si](c1ccccc1)c1ccccc1)=CC2. The van der Waals surface area contributed by atoms with E-state index in [9.17, 15) is 0 Å². The first-order valence-corrected chi connectivity index (χ1v) is 9.75. The Kier molecular flexibility index (Phi) is 4.24. The van der Waals surface area contributed by atoms with E-state index in [1.54, 1.807) is 0 Å². The Balaban J connectivity index is 1.73. The molecule has 0 saturated heterocycles. The predicted octanol–water partition coefficient (Wildman–Crippen LogP) is 4.06. The first-order chi connectivity index (χ1) is 11.8. The highest BCUT2D eigenvalue weighted by atomic mass is 35.5. The highest BCUT2D eigenvalue weighted by Crippen LogP contribution is 2.34. The van der Waals surface area contributed by atoms with Crippen molar-refractivity contribution >= 4 is 36.8 Å². The zero-order chi connectivity index (χ0) is 16.4. The first-order valence-electron chi connectivity index (χ1n) is 7.96. The van der Waals surface area contributed by atoms with Crippen LogP contribution in [0.25, 0.3) is 5.76 Å². The molecule has 3 heteroatoms. The molecule has 3 aromatic rings. The number of hydrogen-bond acceptors (Lipinski definition) is 1. The van der Waals surface area contributed by atoms with Gasteiger partial charge in [-0.15, -0.1) is 0 Å². The van der Waals surface area contributed by atoms with Crippen molar-refractivity contribution in [1.29, 1.82) is 0 Å². The zero-order valence-corrected chi connectivity index (χ0v) is 14.8. The van der Waals surface area contributed by atoms with E-state index in [-0.39, 0.29) is 0 Å². The van der Waals surface area contributed by atoms with Crippen molar-refractivity contribution in [3.8, 4) is 0 Å². The molecular weight excluding hydrogens is 332 g/mol. The average Bonchev–Trinajstić information content (AvgIpc) is 3.05. The maximum absolute atomic E-state index is 6.57. The van der Waals surface area contributed by atoms with Gasteiger partial charge in [0.05, 0.1) is 5.02 Å². The lowest BCUT2D eigenvalue weighted by Crippen LogP contribution is -2.44. The normalized spacial score (nSPS) is 12.8. The molecule has 0 heterocycles. The predicted molar refractivity (Wildman–Crippen MR) is 102 cm³/mol. The Morgan fingerprint density at radius 2 is 1.38 bits per heavy atom. The van der Waals surface area contributed by atoms with E-state index in [0.29, 0.717) is 0 Å². The summed E-state index contributed by atoms with van der Waals surface area (Å²) in [5.74, 6) is 0.914. The van der Waals surface area contributed by atoms with Crippen LogP contribution in [-0.4, -0.2) is 9.04 Å². The van der Waals surface area contributed by atoms with E-state index in [4.69, 9.17) is 16.0 Å². The lowest BCUT2D eigenvalue weighted by atomic mass is 10.1. The monoisotopic (exact) mass is 347 g/mol. The van der Waals surface area contributed by atoms with Crippen molar-refractivity contribution in [3.63, 3.8) is 0 Å². The summed E-state index contributed by atoms with van der Waals surface area (Å²) >= 11 is 6.43. The van der Waals surface area contributed by atoms with Gasteiger partial charge in [0.15, 0.2) is 0 Å². The van der Waals surface area contributed by atoms with Crippen LogP contribution in [0.2, 0.25) is 5.02 Å². The summed E-state index contributed by atoms with van der Waals surface area (Å²) in [4.78, 5) is 0. The molecule has 0 fully saturated rings. The van der Waals surface area contributed by atoms with E-state index in [1.807, 2.05) is 24.3 Å². The minimum Gasteiger partial charge on any atom is -0.532 e. The van der Waals surface area contributed by atoms with Crippen molar-refractivity contribution in [3.05, 3.63) is 101 Å². The lowest BCUT2D eigenvalue weighted by Gasteiger charge is -2.19. The number of allylic oxidation sites excluding steroid dienone is 1. The molecule has 0 atom stereocenters. The Morgan fingerprint density at radius 1 is 0.750 bits per heavy atom. The smallest absolute Gasteiger partial charge is 0.352 e. The molecule has 0 unspecified atom stereocenters. The van der Waals surface area contributed by atoms with Crippen LogP contribution in [0.4, 0.5) is 0 Å². The van der Waals surface area contributed by atoms with E-state index in [2.05, 4.69) is 60.7 Å². The first kappa shape index (κ1) is 15.2. The van der Waals surface area contributed by atoms with Crippen molar-refractivity contribution in [2.24, 2.45) is 0 Å². The molecule has 24 heavy (non-hydrogen) atoms. The minimum absolute atomic E-state index is 0.763. The summed E-state index contributed by atoms with van der Waals surface area (Å²) in [6.07, 6.45) is 3.02. The van der Waals surface area contributed by atoms with Gasteiger partial charge >= 0.3 is 9.04 Å². The van der Waals surface area contributed by atoms with Crippen molar-refractivity contribution in [1.82, 2.24) is 0 Å². The van der Waals surface area contributed by atoms with Crippen LogP contribution >= 0.6 is 11.6 Å². The summed E-state index contributed by atoms with van der Waals surface area (Å²) in [6.45, 7) is 0. The Hall–Kier alpha value is -2.29. The van der Waals surface area contributed by atoms with E-state index < -0.39 is 9.04 Å². The molecule has 117 valence electrons. The van der Waals surface area contributed by atoms with Crippen molar-refractivity contribution in [2.75, 3.05) is 0 Å². The van der Waals surface area contributed by atoms with Crippen LogP contribution in [0.1, 0.15) is 11.1 Å². The molecule has 4 rings (SSSR count). The lowest BCUT2D eigenvalue weighted by molar-refractivity contribution is 0.549. The second kappa shape index (κ2) is 6.68. The summed E-state index contributed by atoms with van der Waals surface area (Å²) in [5.41, 5.74) is 2.29. The van der Waals surface area contributed by atoms with Crippen LogP contribution in [0.15, 0.2) is 84.9 Å². The molecule has 0 aromatic heterocycles. The summed E-state index contributed by atoms with van der Waals surface area (Å²) in [5, 5.41) is 3.23. The fourth-order valence-corrected chi connectivity index (χ4v) is 5.24. The molecule has 0 N–H and O–H groups in total. The highest BCUT2D eigenvalue weighted by molar-refractivity contribution is 6.80. The number of fused-ring (bicyclic) bond motifs is 1. The third kappa shape index (κ3) is 2.91. The third-order valence-corrected chi connectivity index (χ3v) is 6.59. The molecule has 0 aliphatic heterocycles. The number of benzene rings is 3. The molecule has 1 aliphatic rings. The fourth-order valence-electron chi connectivity index (χ4n) is 2.99. The maximum atomic E-state index is 6.57. The average molecular weight is 348 g/mol. The van der Waals surface area contributed by atoms with E-state index in [0.717, 1.165) is 22.8 Å². The van der Waals surface area contributed by atoms with Gasteiger partial charge in [-0.2, -0.15) is 0 Å². The highest BCUT2D eigenvalue weighted by Gasteiger charge is 2.26. The van der Waals surface area contributed by atoms with Crippen LogP contribution in [-0.2, 0) is 10.8 Å². The summed E-state index contributed by atoms with van der Waals surface area (Å²) < 4.78 is 6.57. The number of halogens is 1. The number of rotatable bonds is 4. The Morgan fingerprint density at radius 3 is 2.00 bits per heavy atom. The molecule has 1 radical (unpaired) electrons. The van der Waals surface area contributed by atoms with Gasteiger partial charge in [-0.3, -0.25) is 0 Å². The van der Waals surface area contributed by atoms with Crippen LogP contribution in [0.3, 0.4) is 0 Å². The van der Waals surface area contributed by atoms with Gasteiger partial charge in [-0.05, 0) is 34.5 Å². The van der Waals surface area contributed by atoms with E-state index in [1.165, 1.54) is 15.9 Å². The van der Waals surface area contributed by atoms with Gasteiger partial charge in [0.2, 0.25) is 0 Å². The van der Waals surface area contributed by atoms with Gasteiger partial charge in [0.1, 0.15) is 5.76 Å². The van der Waals surface area contributed by atoms with Gasteiger partial charge in [-0.1, -0.05) is 84.4 Å². The molecule has 0 amide bonds. The summed E-state index contributed by atoms with van der Waals surface area (Å²) in [7, 11) is -1.37. The van der Waals surface area contributed by atoms with Crippen LogP contribution < -0.4 is 10.4 Å². The number of hydrogen-bond donors (Lipinski definition) is 0. The quantitative estimate of drug-likeness (QED) is 0.647. The molecular formula is C21H16ClOSi. The fraction of sp³-hybridized carbons (Fsp3) is 0.0476. The molecule has 3 aromatic carbocycles. The third-order valence-electron chi connectivity index (χ3n) is 4.14. The van der Waals surface area contributed by atoms with Crippen LogP contribution in [0.5, 0.6) is 0 Å². The van der Waals surface area contributed by atoms with Gasteiger partial charge in [-0.25, -0.2) is 0 Å². The van der Waals surface area contributed by atoms with Crippen molar-refractivity contribution < 1.29 is 4.43 Å². The molecule has 1 nitrogen and oxygen atoms in total. The van der Waals surface area contributed by atoms with Gasteiger partial charge in [0.25, 0.3) is 0 Å². The van der Waals surface area contributed by atoms with E-state index >= 15 is 0 Å². The molecule has 1 aliphatic carbocycles. The second-order valence-electron chi connectivity index (χ2n) is 5.71. The van der Waals surface area contributed by atoms with Gasteiger partial charge < -0.3 is 4.43 Å². The minimum atomic E-state index is -1.37. The second-order valence-corrected chi connectivity index (χ2v) is 8.13. The van der Waals surface area contributed by atoms with Crippen LogP contribution in [0, 0.1) is 0 Å².